The fraction of sp³-hybridized carbons (Fsp3) is 0.118. The van der Waals surface area contributed by atoms with Gasteiger partial charge in [0, 0.05) is 27.8 Å². The summed E-state index contributed by atoms with van der Waals surface area (Å²) in [6.07, 6.45) is 2.69. The molecule has 0 aliphatic rings. The van der Waals surface area contributed by atoms with E-state index in [2.05, 4.69) is 17.2 Å². The number of aryl methyl sites for hydroxylation is 1. The molecule has 1 amide bonds. The molecule has 4 heteroatoms. The Morgan fingerprint density at radius 1 is 1.19 bits per heavy atom. The minimum absolute atomic E-state index is 0.146. The molecule has 0 saturated heterocycles. The molecule has 2 N–H and O–H groups in total. The Bertz CT molecular complexity index is 790. The second-order valence-corrected chi connectivity index (χ2v) is 5.33. The van der Waals surface area contributed by atoms with Gasteiger partial charge in [-0.3, -0.25) is 4.79 Å². The highest BCUT2D eigenvalue weighted by Crippen LogP contribution is 2.23. The van der Waals surface area contributed by atoms with Gasteiger partial charge in [0.15, 0.2) is 0 Å². The molecule has 0 aliphatic heterocycles. The lowest BCUT2D eigenvalue weighted by molar-refractivity contribution is 0.102. The largest absolute Gasteiger partial charge is 0.360 e. The number of hydrogen-bond acceptors (Lipinski definition) is 1. The van der Waals surface area contributed by atoms with Crippen molar-refractivity contribution in [2.24, 2.45) is 0 Å². The van der Waals surface area contributed by atoms with E-state index in [0.717, 1.165) is 23.0 Å². The maximum atomic E-state index is 12.4. The van der Waals surface area contributed by atoms with Crippen LogP contribution >= 0.6 is 11.6 Å². The number of anilines is 1. The summed E-state index contributed by atoms with van der Waals surface area (Å²) in [4.78, 5) is 15.5. The van der Waals surface area contributed by atoms with Crippen LogP contribution in [0.25, 0.3) is 10.9 Å². The van der Waals surface area contributed by atoms with E-state index in [9.17, 15) is 4.79 Å². The Labute approximate surface area is 127 Å². The molecular formula is C17H15ClN2O. The van der Waals surface area contributed by atoms with Crippen LogP contribution in [0.4, 0.5) is 5.69 Å². The van der Waals surface area contributed by atoms with Gasteiger partial charge in [0.2, 0.25) is 0 Å². The number of nitrogens with one attached hydrogen (secondary N) is 2. The van der Waals surface area contributed by atoms with E-state index in [1.807, 2.05) is 30.3 Å². The first-order valence-corrected chi connectivity index (χ1v) is 7.22. The lowest BCUT2D eigenvalue weighted by Crippen LogP contribution is -2.11. The van der Waals surface area contributed by atoms with Crippen LogP contribution in [-0.2, 0) is 6.42 Å². The Morgan fingerprint density at radius 2 is 1.95 bits per heavy atom. The number of hydrogen-bond donors (Lipinski definition) is 2. The Balaban J connectivity index is 1.87. The molecule has 2 aromatic carbocycles. The number of amides is 1. The van der Waals surface area contributed by atoms with Crippen LogP contribution in [0.5, 0.6) is 0 Å². The zero-order valence-corrected chi connectivity index (χ0v) is 12.4. The smallest absolute Gasteiger partial charge is 0.257 e. The number of benzene rings is 2. The number of H-pyrrole nitrogens is 1. The van der Waals surface area contributed by atoms with Gasteiger partial charge in [0.05, 0.1) is 5.56 Å². The highest BCUT2D eigenvalue weighted by molar-refractivity contribution is 6.31. The summed E-state index contributed by atoms with van der Waals surface area (Å²) in [6.45, 7) is 2.10. The lowest BCUT2D eigenvalue weighted by Gasteiger charge is -2.05. The Kier molecular flexibility index (Phi) is 3.67. The van der Waals surface area contributed by atoms with Crippen LogP contribution in [-0.4, -0.2) is 10.9 Å². The van der Waals surface area contributed by atoms with Gasteiger partial charge < -0.3 is 10.3 Å². The monoisotopic (exact) mass is 298 g/mol. The summed E-state index contributed by atoms with van der Waals surface area (Å²) in [5.41, 5.74) is 3.51. The van der Waals surface area contributed by atoms with Crippen LogP contribution in [0.1, 0.15) is 22.8 Å². The van der Waals surface area contributed by atoms with Gasteiger partial charge in [-0.05, 0) is 42.3 Å². The zero-order chi connectivity index (χ0) is 14.8. The number of halogens is 1. The van der Waals surface area contributed by atoms with Gasteiger partial charge in [0.1, 0.15) is 0 Å². The van der Waals surface area contributed by atoms with Gasteiger partial charge in [0.25, 0.3) is 5.91 Å². The normalized spacial score (nSPS) is 10.8. The molecule has 3 rings (SSSR count). The molecular weight excluding hydrogens is 284 g/mol. The van der Waals surface area contributed by atoms with Crippen molar-refractivity contribution in [3.63, 3.8) is 0 Å². The molecule has 1 aromatic heterocycles. The Hall–Kier alpha value is -2.26. The van der Waals surface area contributed by atoms with Crippen LogP contribution < -0.4 is 5.32 Å². The van der Waals surface area contributed by atoms with Crippen molar-refractivity contribution in [1.82, 2.24) is 4.98 Å². The third-order valence-corrected chi connectivity index (χ3v) is 3.74. The summed E-state index contributed by atoms with van der Waals surface area (Å²) in [5, 5.41) is 4.34. The molecule has 106 valence electrons. The molecule has 0 unspecified atom stereocenters. The summed E-state index contributed by atoms with van der Waals surface area (Å²) < 4.78 is 0. The number of aromatic nitrogens is 1. The van der Waals surface area contributed by atoms with E-state index in [1.54, 1.807) is 18.3 Å². The van der Waals surface area contributed by atoms with Gasteiger partial charge in [-0.25, -0.2) is 0 Å². The zero-order valence-electron chi connectivity index (χ0n) is 11.6. The lowest BCUT2D eigenvalue weighted by atomic mass is 10.1. The maximum Gasteiger partial charge on any atom is 0.257 e. The molecule has 0 bridgehead atoms. The third-order valence-electron chi connectivity index (χ3n) is 3.51. The second kappa shape index (κ2) is 5.62. The van der Waals surface area contributed by atoms with E-state index in [0.29, 0.717) is 10.6 Å². The predicted octanol–water partition coefficient (Wildman–Crippen LogP) is 4.64. The predicted molar refractivity (Wildman–Crippen MR) is 87.1 cm³/mol. The fourth-order valence-corrected chi connectivity index (χ4v) is 2.48. The van der Waals surface area contributed by atoms with Crippen molar-refractivity contribution in [3.8, 4) is 0 Å². The summed E-state index contributed by atoms with van der Waals surface area (Å²) >= 11 is 6.00. The number of fused-ring (bicyclic) bond motifs is 1. The highest BCUT2D eigenvalue weighted by Gasteiger charge is 2.12. The summed E-state index contributed by atoms with van der Waals surface area (Å²) in [5.74, 6) is -0.146. The van der Waals surface area contributed by atoms with E-state index in [-0.39, 0.29) is 5.91 Å². The molecule has 3 aromatic rings. The third kappa shape index (κ3) is 2.78. The first kappa shape index (κ1) is 13.7. The minimum atomic E-state index is -0.146. The summed E-state index contributed by atoms with van der Waals surface area (Å²) in [6, 6.07) is 13.3. The van der Waals surface area contributed by atoms with E-state index in [4.69, 9.17) is 11.6 Å². The average Bonchev–Trinajstić information content (AvgIpc) is 2.91. The van der Waals surface area contributed by atoms with Crippen molar-refractivity contribution in [2.45, 2.75) is 13.3 Å². The molecule has 1 heterocycles. The highest BCUT2D eigenvalue weighted by atomic mass is 35.5. The van der Waals surface area contributed by atoms with Crippen LogP contribution in [0.2, 0.25) is 5.02 Å². The Morgan fingerprint density at radius 3 is 2.67 bits per heavy atom. The van der Waals surface area contributed by atoms with Gasteiger partial charge in [-0.15, -0.1) is 0 Å². The van der Waals surface area contributed by atoms with Crippen molar-refractivity contribution in [2.75, 3.05) is 5.32 Å². The quantitative estimate of drug-likeness (QED) is 0.727. The standard InChI is InChI=1S/C17H15ClN2O/c1-2-11-3-6-13(7-4-11)20-17(21)15-10-19-16-8-5-12(18)9-14(15)16/h3-10,19H,2H2,1H3,(H,20,21). The van der Waals surface area contributed by atoms with Crippen molar-refractivity contribution in [3.05, 3.63) is 64.8 Å². The van der Waals surface area contributed by atoms with Gasteiger partial charge >= 0.3 is 0 Å². The first-order valence-electron chi connectivity index (χ1n) is 6.84. The molecule has 0 radical (unpaired) electrons. The van der Waals surface area contributed by atoms with E-state index >= 15 is 0 Å². The van der Waals surface area contributed by atoms with Gasteiger partial charge in [-0.1, -0.05) is 30.7 Å². The van der Waals surface area contributed by atoms with Crippen molar-refractivity contribution in [1.29, 1.82) is 0 Å². The molecule has 0 aliphatic carbocycles. The van der Waals surface area contributed by atoms with Crippen molar-refractivity contribution >= 4 is 34.1 Å². The van der Waals surface area contributed by atoms with E-state index in [1.165, 1.54) is 5.56 Å². The van der Waals surface area contributed by atoms with Gasteiger partial charge in [-0.2, -0.15) is 0 Å². The SMILES string of the molecule is CCc1ccc(NC(=O)c2c[nH]c3ccc(Cl)cc23)cc1. The second-order valence-electron chi connectivity index (χ2n) is 4.90. The number of aromatic amines is 1. The van der Waals surface area contributed by atoms with Crippen LogP contribution in [0.3, 0.4) is 0 Å². The number of carbonyl (C=O) groups is 1. The van der Waals surface area contributed by atoms with Crippen molar-refractivity contribution < 1.29 is 4.79 Å². The molecule has 0 atom stereocenters. The van der Waals surface area contributed by atoms with Crippen LogP contribution in [0.15, 0.2) is 48.7 Å². The summed E-state index contributed by atoms with van der Waals surface area (Å²) in [7, 11) is 0. The molecule has 0 saturated carbocycles. The van der Waals surface area contributed by atoms with Crippen LogP contribution in [0, 0.1) is 0 Å². The molecule has 0 fully saturated rings. The average molecular weight is 299 g/mol. The first-order chi connectivity index (χ1) is 10.2. The molecule has 3 nitrogen and oxygen atoms in total. The van der Waals surface area contributed by atoms with E-state index < -0.39 is 0 Å². The number of rotatable bonds is 3. The minimum Gasteiger partial charge on any atom is -0.360 e. The topological polar surface area (TPSA) is 44.9 Å². The molecule has 21 heavy (non-hydrogen) atoms. The fourth-order valence-electron chi connectivity index (χ4n) is 2.30. The molecule has 0 spiro atoms. The maximum absolute atomic E-state index is 12.4. The number of carbonyl (C=O) groups excluding carboxylic acids is 1.